The molecule has 0 aromatic heterocycles. The molecule has 3 aliphatic heterocycles. The first-order chi connectivity index (χ1) is 14.9. The van der Waals surface area contributed by atoms with Gasteiger partial charge in [-0.2, -0.15) is 4.31 Å². The van der Waals surface area contributed by atoms with E-state index in [4.69, 9.17) is 9.47 Å². The van der Waals surface area contributed by atoms with E-state index in [-0.39, 0.29) is 36.6 Å². The molecular weight excluding hydrogens is 424 g/mol. The maximum absolute atomic E-state index is 13.1. The largest absolute Gasteiger partial charge is 0.486 e. The number of imide groups is 1. The second-order valence-corrected chi connectivity index (χ2v) is 10.4. The lowest BCUT2D eigenvalue weighted by atomic mass is 9.98. The molecule has 3 fully saturated rings. The Labute approximate surface area is 181 Å². The van der Waals surface area contributed by atoms with Crippen molar-refractivity contribution in [1.82, 2.24) is 19.4 Å². The zero-order valence-electron chi connectivity index (χ0n) is 17.2. The molecule has 1 aromatic rings. The van der Waals surface area contributed by atoms with E-state index in [1.807, 2.05) is 4.90 Å². The maximum Gasteiger partial charge on any atom is 0.326 e. The number of urea groups is 1. The fourth-order valence-electron chi connectivity index (χ4n) is 4.77. The van der Waals surface area contributed by atoms with Gasteiger partial charge in [-0.3, -0.25) is 9.69 Å². The minimum atomic E-state index is -3.67. The first kappa shape index (κ1) is 20.5. The summed E-state index contributed by atoms with van der Waals surface area (Å²) < 4.78 is 38.6. The van der Waals surface area contributed by atoms with Crippen molar-refractivity contribution < 1.29 is 27.5 Å². The van der Waals surface area contributed by atoms with Crippen LogP contribution in [0.3, 0.4) is 0 Å². The average Bonchev–Trinajstić information content (AvgIpc) is 3.34. The highest BCUT2D eigenvalue weighted by Crippen LogP contribution is 2.35. The summed E-state index contributed by atoms with van der Waals surface area (Å²) in [6, 6.07) is 4.31. The number of benzene rings is 1. The van der Waals surface area contributed by atoms with E-state index >= 15 is 0 Å². The van der Waals surface area contributed by atoms with Gasteiger partial charge in [0.15, 0.2) is 11.5 Å². The molecule has 0 radical (unpaired) electrons. The molecule has 31 heavy (non-hydrogen) atoms. The molecule has 10 nitrogen and oxygen atoms in total. The van der Waals surface area contributed by atoms with E-state index in [1.54, 1.807) is 6.07 Å². The van der Waals surface area contributed by atoms with Crippen molar-refractivity contribution in [2.75, 3.05) is 46.1 Å². The third-order valence-electron chi connectivity index (χ3n) is 6.53. The van der Waals surface area contributed by atoms with Crippen molar-refractivity contribution in [3.8, 4) is 11.5 Å². The zero-order chi connectivity index (χ0) is 21.6. The number of sulfonamides is 1. The molecule has 1 saturated carbocycles. The van der Waals surface area contributed by atoms with Gasteiger partial charge >= 0.3 is 6.03 Å². The van der Waals surface area contributed by atoms with Crippen molar-refractivity contribution in [3.05, 3.63) is 18.2 Å². The van der Waals surface area contributed by atoms with Gasteiger partial charge in [0.2, 0.25) is 10.0 Å². The molecule has 0 atom stereocenters. The Morgan fingerprint density at radius 2 is 1.65 bits per heavy atom. The highest BCUT2D eigenvalue weighted by Gasteiger charge is 2.52. The van der Waals surface area contributed by atoms with Crippen LogP contribution >= 0.6 is 0 Å². The van der Waals surface area contributed by atoms with Gasteiger partial charge in [0.05, 0.1) is 11.6 Å². The summed E-state index contributed by atoms with van der Waals surface area (Å²) in [4.78, 5) is 28.6. The zero-order valence-corrected chi connectivity index (χ0v) is 18.0. The van der Waals surface area contributed by atoms with E-state index in [0.29, 0.717) is 50.6 Å². The van der Waals surface area contributed by atoms with Crippen LogP contribution < -0.4 is 14.8 Å². The Morgan fingerprint density at radius 3 is 2.35 bits per heavy atom. The maximum atomic E-state index is 13.1. The second-order valence-electron chi connectivity index (χ2n) is 8.42. The van der Waals surface area contributed by atoms with Crippen LogP contribution in [-0.2, 0) is 14.8 Å². The summed E-state index contributed by atoms with van der Waals surface area (Å²) in [6.45, 7) is 2.46. The Kier molecular flexibility index (Phi) is 5.06. The van der Waals surface area contributed by atoms with Crippen molar-refractivity contribution in [2.24, 2.45) is 0 Å². The first-order valence-electron chi connectivity index (χ1n) is 10.7. The van der Waals surface area contributed by atoms with Gasteiger partial charge in [-0.25, -0.2) is 18.1 Å². The van der Waals surface area contributed by atoms with Crippen molar-refractivity contribution >= 4 is 22.0 Å². The van der Waals surface area contributed by atoms with Gasteiger partial charge in [0, 0.05) is 32.2 Å². The van der Waals surface area contributed by atoms with Crippen LogP contribution in [-0.4, -0.2) is 86.1 Å². The number of hydrogen-bond donors (Lipinski definition) is 1. The van der Waals surface area contributed by atoms with E-state index in [1.165, 1.54) is 21.3 Å². The minimum Gasteiger partial charge on any atom is -0.486 e. The number of amides is 3. The molecule has 3 amide bonds. The van der Waals surface area contributed by atoms with Gasteiger partial charge in [0.1, 0.15) is 18.8 Å². The van der Waals surface area contributed by atoms with E-state index in [9.17, 15) is 18.0 Å². The molecule has 3 heterocycles. The first-order valence-corrected chi connectivity index (χ1v) is 12.1. The lowest BCUT2D eigenvalue weighted by Gasteiger charge is -2.35. The summed E-state index contributed by atoms with van der Waals surface area (Å²) in [5, 5.41) is 2.88. The quantitative estimate of drug-likeness (QED) is 0.669. The average molecular weight is 451 g/mol. The van der Waals surface area contributed by atoms with Crippen molar-refractivity contribution in [3.63, 3.8) is 0 Å². The highest BCUT2D eigenvalue weighted by molar-refractivity contribution is 7.89. The third kappa shape index (κ3) is 3.54. The Hall–Kier alpha value is -2.37. The van der Waals surface area contributed by atoms with E-state index in [2.05, 4.69) is 5.32 Å². The SMILES string of the molecule is O=C1NC2(CCCC2)C(=O)N1CN1CCN(S(=O)(=O)c2ccc3c(c2)OCCO3)CC1. The Morgan fingerprint density at radius 1 is 0.968 bits per heavy atom. The van der Waals surface area contributed by atoms with Crippen LogP contribution in [0.1, 0.15) is 25.7 Å². The van der Waals surface area contributed by atoms with Gasteiger partial charge in [-0.05, 0) is 25.0 Å². The number of carbonyl (C=O) groups is 2. The highest BCUT2D eigenvalue weighted by atomic mass is 32.2. The standard InChI is InChI=1S/C20H26N4O6S/c25-18-20(5-1-2-6-20)21-19(26)24(18)14-22-7-9-23(10-8-22)31(27,28)15-3-4-16-17(13-15)30-12-11-29-16/h3-4,13H,1-2,5-12,14H2,(H,21,26). The third-order valence-corrected chi connectivity index (χ3v) is 8.42. The predicted molar refractivity (Wildman–Crippen MR) is 109 cm³/mol. The molecule has 1 N–H and O–H groups in total. The number of nitrogens with zero attached hydrogens (tertiary/aromatic N) is 3. The molecule has 11 heteroatoms. The lowest BCUT2D eigenvalue weighted by Crippen LogP contribution is -2.53. The van der Waals surface area contributed by atoms with Gasteiger partial charge < -0.3 is 14.8 Å². The Balaban J connectivity index is 1.22. The fraction of sp³-hybridized carbons (Fsp3) is 0.600. The van der Waals surface area contributed by atoms with Crippen LogP contribution in [0.25, 0.3) is 0 Å². The molecular formula is C20H26N4O6S. The topological polar surface area (TPSA) is 108 Å². The van der Waals surface area contributed by atoms with Crippen molar-refractivity contribution in [1.29, 1.82) is 0 Å². The molecule has 1 spiro atoms. The number of fused-ring (bicyclic) bond motifs is 1. The van der Waals surface area contributed by atoms with Gasteiger partial charge in [0.25, 0.3) is 5.91 Å². The fourth-order valence-corrected chi connectivity index (χ4v) is 6.20. The van der Waals surface area contributed by atoms with Gasteiger partial charge in [-0.1, -0.05) is 12.8 Å². The number of piperazine rings is 1. The monoisotopic (exact) mass is 450 g/mol. The number of rotatable bonds is 4. The summed E-state index contributed by atoms with van der Waals surface area (Å²) >= 11 is 0. The number of hydrogen-bond acceptors (Lipinski definition) is 7. The summed E-state index contributed by atoms with van der Waals surface area (Å²) in [5.41, 5.74) is -0.722. The normalized spacial score (nSPS) is 24.1. The van der Waals surface area contributed by atoms with E-state index < -0.39 is 15.6 Å². The molecule has 168 valence electrons. The Bertz CT molecular complexity index is 999. The lowest BCUT2D eigenvalue weighted by molar-refractivity contribution is -0.132. The van der Waals surface area contributed by atoms with E-state index in [0.717, 1.165) is 12.8 Å². The van der Waals surface area contributed by atoms with Crippen LogP contribution in [0.4, 0.5) is 4.79 Å². The molecule has 4 aliphatic rings. The predicted octanol–water partition coefficient (Wildman–Crippen LogP) is 0.586. The number of nitrogens with one attached hydrogen (secondary N) is 1. The molecule has 2 saturated heterocycles. The number of ether oxygens (including phenoxy) is 2. The van der Waals surface area contributed by atoms with Crippen LogP contribution in [0.2, 0.25) is 0 Å². The van der Waals surface area contributed by atoms with Gasteiger partial charge in [-0.15, -0.1) is 0 Å². The smallest absolute Gasteiger partial charge is 0.326 e. The molecule has 5 rings (SSSR count). The molecule has 0 unspecified atom stereocenters. The second kappa shape index (κ2) is 7.64. The molecule has 1 aliphatic carbocycles. The molecule has 1 aromatic carbocycles. The molecule has 0 bridgehead atoms. The number of carbonyl (C=O) groups excluding carboxylic acids is 2. The summed E-state index contributed by atoms with van der Waals surface area (Å²) in [5.74, 6) is 0.829. The van der Waals surface area contributed by atoms with Crippen LogP contribution in [0, 0.1) is 0 Å². The van der Waals surface area contributed by atoms with Crippen LogP contribution in [0.5, 0.6) is 11.5 Å². The summed E-state index contributed by atoms with van der Waals surface area (Å²) in [7, 11) is -3.67. The van der Waals surface area contributed by atoms with Crippen molar-refractivity contribution in [2.45, 2.75) is 36.1 Å². The summed E-state index contributed by atoms with van der Waals surface area (Å²) in [6.07, 6.45) is 3.26. The minimum absolute atomic E-state index is 0.152. The van der Waals surface area contributed by atoms with Crippen LogP contribution in [0.15, 0.2) is 23.1 Å².